The first-order chi connectivity index (χ1) is 10.7. The smallest absolute Gasteiger partial charge is 0.223 e. The van der Waals surface area contributed by atoms with Crippen LogP contribution in [0.1, 0.15) is 44.1 Å². The van der Waals surface area contributed by atoms with Crippen LogP contribution in [0.4, 0.5) is 0 Å². The molecule has 3 rings (SSSR count). The SMILES string of the molecule is Cl.O=C(NCC1(c2ccc(Br)cc2)CCCC1)C1CCNCC1. The topological polar surface area (TPSA) is 41.1 Å². The molecule has 0 aromatic heterocycles. The Morgan fingerprint density at radius 3 is 2.39 bits per heavy atom. The summed E-state index contributed by atoms with van der Waals surface area (Å²) in [5.74, 6) is 0.453. The van der Waals surface area contributed by atoms with Crippen molar-refractivity contribution in [2.45, 2.75) is 43.9 Å². The molecule has 2 fully saturated rings. The molecule has 1 saturated heterocycles. The van der Waals surface area contributed by atoms with Crippen LogP contribution in [0.2, 0.25) is 0 Å². The molecule has 2 aliphatic rings. The normalized spacial score (nSPS) is 20.7. The Hall–Kier alpha value is -0.580. The molecule has 1 heterocycles. The fraction of sp³-hybridized carbons (Fsp3) is 0.611. The van der Waals surface area contributed by atoms with Gasteiger partial charge in [0.1, 0.15) is 0 Å². The number of carbonyl (C=O) groups is 1. The molecular weight excluding hydrogens is 376 g/mol. The first-order valence-corrected chi connectivity index (χ1v) is 9.23. The van der Waals surface area contributed by atoms with E-state index in [1.165, 1.54) is 31.2 Å². The molecule has 0 unspecified atom stereocenters. The number of rotatable bonds is 4. The molecule has 1 aliphatic heterocycles. The number of nitrogens with one attached hydrogen (secondary N) is 2. The van der Waals surface area contributed by atoms with E-state index in [2.05, 4.69) is 50.8 Å². The predicted molar refractivity (Wildman–Crippen MR) is 100 cm³/mol. The van der Waals surface area contributed by atoms with Crippen molar-refractivity contribution in [2.75, 3.05) is 19.6 Å². The van der Waals surface area contributed by atoms with Gasteiger partial charge in [-0.15, -0.1) is 12.4 Å². The van der Waals surface area contributed by atoms with Crippen molar-refractivity contribution in [1.82, 2.24) is 10.6 Å². The maximum Gasteiger partial charge on any atom is 0.223 e. The Bertz CT molecular complexity index is 508. The van der Waals surface area contributed by atoms with E-state index < -0.39 is 0 Å². The van der Waals surface area contributed by atoms with Crippen LogP contribution < -0.4 is 10.6 Å². The number of piperidine rings is 1. The number of halogens is 2. The maximum atomic E-state index is 12.4. The highest BCUT2D eigenvalue weighted by Crippen LogP contribution is 2.41. The van der Waals surface area contributed by atoms with Crippen molar-refractivity contribution in [3.63, 3.8) is 0 Å². The first-order valence-electron chi connectivity index (χ1n) is 8.44. The Morgan fingerprint density at radius 1 is 1.17 bits per heavy atom. The molecular formula is C18H26BrClN2O. The summed E-state index contributed by atoms with van der Waals surface area (Å²) in [6, 6.07) is 8.66. The van der Waals surface area contributed by atoms with Gasteiger partial charge in [-0.1, -0.05) is 40.9 Å². The third kappa shape index (κ3) is 4.49. The second-order valence-corrected chi connectivity index (χ2v) is 7.65. The van der Waals surface area contributed by atoms with E-state index in [0.717, 1.165) is 36.9 Å². The third-order valence-corrected chi connectivity index (χ3v) is 5.86. The number of carbonyl (C=O) groups excluding carboxylic acids is 1. The lowest BCUT2D eigenvalue weighted by Crippen LogP contribution is -2.43. The van der Waals surface area contributed by atoms with E-state index in [1.807, 2.05) is 0 Å². The quantitative estimate of drug-likeness (QED) is 0.806. The van der Waals surface area contributed by atoms with E-state index in [4.69, 9.17) is 0 Å². The number of amides is 1. The van der Waals surface area contributed by atoms with Crippen molar-refractivity contribution in [1.29, 1.82) is 0 Å². The van der Waals surface area contributed by atoms with Gasteiger partial charge in [-0.3, -0.25) is 4.79 Å². The molecule has 5 heteroatoms. The van der Waals surface area contributed by atoms with Gasteiger partial charge in [-0.25, -0.2) is 0 Å². The predicted octanol–water partition coefficient (Wildman–Crippen LogP) is 3.80. The monoisotopic (exact) mass is 400 g/mol. The van der Waals surface area contributed by atoms with Crippen molar-refractivity contribution in [3.05, 3.63) is 34.3 Å². The van der Waals surface area contributed by atoms with Gasteiger partial charge < -0.3 is 10.6 Å². The van der Waals surface area contributed by atoms with Gasteiger partial charge in [0.15, 0.2) is 0 Å². The zero-order valence-electron chi connectivity index (χ0n) is 13.4. The zero-order chi connectivity index (χ0) is 15.4. The summed E-state index contributed by atoms with van der Waals surface area (Å²) in [7, 11) is 0. The molecule has 1 amide bonds. The van der Waals surface area contributed by atoms with Crippen LogP contribution in [-0.4, -0.2) is 25.5 Å². The Kier molecular flexibility index (Phi) is 6.93. The van der Waals surface area contributed by atoms with Crippen LogP contribution in [-0.2, 0) is 10.2 Å². The van der Waals surface area contributed by atoms with Gasteiger partial charge in [0.05, 0.1) is 0 Å². The van der Waals surface area contributed by atoms with E-state index in [9.17, 15) is 4.79 Å². The fourth-order valence-corrected chi connectivity index (χ4v) is 4.17. The highest BCUT2D eigenvalue weighted by molar-refractivity contribution is 9.10. The molecule has 1 aromatic carbocycles. The van der Waals surface area contributed by atoms with Crippen LogP contribution in [0, 0.1) is 5.92 Å². The molecule has 2 N–H and O–H groups in total. The minimum atomic E-state index is 0. The molecule has 0 spiro atoms. The average molecular weight is 402 g/mol. The number of hydrogen-bond acceptors (Lipinski definition) is 2. The molecule has 0 atom stereocenters. The second-order valence-electron chi connectivity index (χ2n) is 6.74. The summed E-state index contributed by atoms with van der Waals surface area (Å²) in [6.07, 6.45) is 6.83. The first kappa shape index (κ1) is 18.8. The molecule has 128 valence electrons. The summed E-state index contributed by atoms with van der Waals surface area (Å²) < 4.78 is 1.11. The minimum absolute atomic E-state index is 0. The van der Waals surface area contributed by atoms with Gasteiger partial charge >= 0.3 is 0 Å². The van der Waals surface area contributed by atoms with Crippen molar-refractivity contribution in [3.8, 4) is 0 Å². The number of hydrogen-bond donors (Lipinski definition) is 2. The van der Waals surface area contributed by atoms with Crippen molar-refractivity contribution >= 4 is 34.2 Å². The van der Waals surface area contributed by atoms with Crippen LogP contribution in [0.3, 0.4) is 0 Å². The largest absolute Gasteiger partial charge is 0.355 e. The molecule has 1 saturated carbocycles. The Labute approximate surface area is 153 Å². The summed E-state index contributed by atoms with van der Waals surface area (Å²) >= 11 is 3.51. The summed E-state index contributed by atoms with van der Waals surface area (Å²) in [4.78, 5) is 12.4. The molecule has 3 nitrogen and oxygen atoms in total. The molecule has 1 aromatic rings. The van der Waals surface area contributed by atoms with E-state index in [-0.39, 0.29) is 29.6 Å². The van der Waals surface area contributed by atoms with Gasteiger partial charge in [0.2, 0.25) is 5.91 Å². The van der Waals surface area contributed by atoms with Gasteiger partial charge in [0.25, 0.3) is 0 Å². The van der Waals surface area contributed by atoms with Gasteiger partial charge in [-0.2, -0.15) is 0 Å². The van der Waals surface area contributed by atoms with E-state index in [0.29, 0.717) is 0 Å². The summed E-state index contributed by atoms with van der Waals surface area (Å²) in [6.45, 7) is 2.73. The van der Waals surface area contributed by atoms with Crippen LogP contribution >= 0.6 is 28.3 Å². The lowest BCUT2D eigenvalue weighted by molar-refractivity contribution is -0.126. The highest BCUT2D eigenvalue weighted by Gasteiger charge is 2.36. The van der Waals surface area contributed by atoms with E-state index in [1.54, 1.807) is 0 Å². The fourth-order valence-electron chi connectivity index (χ4n) is 3.91. The maximum absolute atomic E-state index is 12.4. The third-order valence-electron chi connectivity index (χ3n) is 5.33. The van der Waals surface area contributed by atoms with Gasteiger partial charge in [0, 0.05) is 22.4 Å². The van der Waals surface area contributed by atoms with Crippen LogP contribution in [0.15, 0.2) is 28.7 Å². The highest BCUT2D eigenvalue weighted by atomic mass is 79.9. The molecule has 0 bridgehead atoms. The Morgan fingerprint density at radius 2 is 1.78 bits per heavy atom. The van der Waals surface area contributed by atoms with Crippen LogP contribution in [0.5, 0.6) is 0 Å². The summed E-state index contributed by atoms with van der Waals surface area (Å²) in [5, 5.41) is 6.59. The lowest BCUT2D eigenvalue weighted by atomic mass is 9.78. The van der Waals surface area contributed by atoms with Crippen molar-refractivity contribution in [2.24, 2.45) is 5.92 Å². The molecule has 23 heavy (non-hydrogen) atoms. The van der Waals surface area contributed by atoms with Gasteiger partial charge in [-0.05, 0) is 56.5 Å². The van der Waals surface area contributed by atoms with Crippen molar-refractivity contribution < 1.29 is 4.79 Å². The molecule has 0 radical (unpaired) electrons. The molecule has 1 aliphatic carbocycles. The van der Waals surface area contributed by atoms with Crippen LogP contribution in [0.25, 0.3) is 0 Å². The lowest BCUT2D eigenvalue weighted by Gasteiger charge is -2.31. The minimum Gasteiger partial charge on any atom is -0.355 e. The summed E-state index contributed by atoms with van der Waals surface area (Å²) in [5.41, 5.74) is 1.52. The second kappa shape index (κ2) is 8.50. The average Bonchev–Trinajstić information content (AvgIpc) is 3.04. The number of benzene rings is 1. The van der Waals surface area contributed by atoms with E-state index >= 15 is 0 Å². The Balaban J connectivity index is 0.00000192. The zero-order valence-corrected chi connectivity index (χ0v) is 15.8. The standard InChI is InChI=1S/C18H25BrN2O.ClH/c19-16-5-3-15(4-6-16)18(9-1-2-10-18)13-21-17(22)14-7-11-20-12-8-14;/h3-6,14,20H,1-2,7-13H2,(H,21,22);1H.